The number of oxazole rings is 1. The molecule has 0 radical (unpaired) electrons. The van der Waals surface area contributed by atoms with Gasteiger partial charge in [0.25, 0.3) is 5.91 Å². The van der Waals surface area contributed by atoms with Crippen LogP contribution in [0.5, 0.6) is 0 Å². The zero-order valence-electron chi connectivity index (χ0n) is 16.1. The maximum atomic E-state index is 13.4. The van der Waals surface area contributed by atoms with E-state index in [4.69, 9.17) is 16.0 Å². The third-order valence-corrected chi connectivity index (χ3v) is 5.28. The zero-order valence-corrected chi connectivity index (χ0v) is 18.4. The van der Waals surface area contributed by atoms with Crippen molar-refractivity contribution in [1.82, 2.24) is 4.98 Å². The largest absolute Gasteiger partial charge is 0.436 e. The van der Waals surface area contributed by atoms with Crippen LogP contribution in [0.2, 0.25) is 5.02 Å². The summed E-state index contributed by atoms with van der Waals surface area (Å²) in [4.78, 5) is 17.2. The van der Waals surface area contributed by atoms with Gasteiger partial charge in [0.1, 0.15) is 0 Å². The molecule has 0 unspecified atom stereocenters. The topological polar surface area (TPSA) is 55.1 Å². The fourth-order valence-corrected chi connectivity index (χ4v) is 3.66. The second-order valence-corrected chi connectivity index (χ2v) is 8.08. The molecule has 1 N–H and O–H groups in total. The van der Waals surface area contributed by atoms with E-state index in [1.54, 1.807) is 18.2 Å². The molecule has 1 aromatic heterocycles. The Labute approximate surface area is 194 Å². The molecule has 0 fully saturated rings. The van der Waals surface area contributed by atoms with Crippen LogP contribution in [-0.2, 0) is 6.18 Å². The molecule has 4 nitrogen and oxygen atoms in total. The van der Waals surface area contributed by atoms with Crippen molar-refractivity contribution >= 4 is 39.1 Å². The Kier molecular flexibility index (Phi) is 6.08. The molecule has 9 heteroatoms. The Morgan fingerprint density at radius 3 is 2.56 bits per heavy atom. The highest BCUT2D eigenvalue weighted by Crippen LogP contribution is 2.37. The van der Waals surface area contributed by atoms with Gasteiger partial charge in [0.2, 0.25) is 5.89 Å². The first kappa shape index (κ1) is 22.1. The van der Waals surface area contributed by atoms with Crippen molar-refractivity contribution in [2.24, 2.45) is 0 Å². The zero-order chi connectivity index (χ0) is 22.9. The number of nitrogens with one attached hydrogen (secondary N) is 1. The number of benzene rings is 3. The maximum Gasteiger partial charge on any atom is 0.418 e. The molecule has 1 heterocycles. The van der Waals surface area contributed by atoms with Gasteiger partial charge in [-0.25, -0.2) is 4.98 Å². The average molecular weight is 522 g/mol. The summed E-state index contributed by atoms with van der Waals surface area (Å²) in [6, 6.07) is 16.9. The molecule has 0 bridgehead atoms. The van der Waals surface area contributed by atoms with E-state index in [0.717, 1.165) is 22.2 Å². The number of carbonyl (C=O) groups excluding carboxylic acids is 1. The smallest absolute Gasteiger partial charge is 0.418 e. The van der Waals surface area contributed by atoms with Crippen LogP contribution >= 0.6 is 27.5 Å². The van der Waals surface area contributed by atoms with Gasteiger partial charge in [-0.15, -0.1) is 0 Å². The molecular formula is C23H13BrClF3N2O2. The molecular weight excluding hydrogens is 509 g/mol. The van der Waals surface area contributed by atoms with Gasteiger partial charge >= 0.3 is 6.18 Å². The van der Waals surface area contributed by atoms with Gasteiger partial charge in [0, 0.05) is 20.6 Å². The lowest BCUT2D eigenvalue weighted by Gasteiger charge is -2.15. The number of rotatable bonds is 4. The summed E-state index contributed by atoms with van der Waals surface area (Å²) in [6.07, 6.45) is -3.17. The molecule has 3 aromatic carbocycles. The van der Waals surface area contributed by atoms with Gasteiger partial charge in [-0.3, -0.25) is 4.79 Å². The van der Waals surface area contributed by atoms with E-state index in [1.807, 2.05) is 24.3 Å². The fourth-order valence-electron chi connectivity index (χ4n) is 3.09. The summed E-state index contributed by atoms with van der Waals surface area (Å²) < 4.78 is 46.8. The van der Waals surface area contributed by atoms with Crippen molar-refractivity contribution < 1.29 is 22.4 Å². The van der Waals surface area contributed by atoms with Crippen LogP contribution in [0.1, 0.15) is 15.9 Å². The van der Waals surface area contributed by atoms with Crippen LogP contribution in [0.4, 0.5) is 18.9 Å². The predicted octanol–water partition coefficient (Wildman–Crippen LogP) is 7.70. The first-order chi connectivity index (χ1) is 15.2. The van der Waals surface area contributed by atoms with E-state index in [-0.39, 0.29) is 16.5 Å². The lowest BCUT2D eigenvalue weighted by molar-refractivity contribution is -0.136. The first-order valence-electron chi connectivity index (χ1n) is 9.21. The van der Waals surface area contributed by atoms with Gasteiger partial charge in [-0.1, -0.05) is 51.8 Å². The Morgan fingerprint density at radius 1 is 1.03 bits per heavy atom. The number of amides is 1. The summed E-state index contributed by atoms with van der Waals surface area (Å²) in [7, 11) is 0. The number of hydrogen-bond acceptors (Lipinski definition) is 3. The standard InChI is InChI=1S/C23H13BrClF3N2O2/c24-14-5-3-4-13(10-14)20-12-29-22(32-20)17-7-2-1-6-16(17)21(31)30-19-9-8-15(25)11-18(19)23(26,27)28/h1-12H,(H,30,31). The van der Waals surface area contributed by atoms with Gasteiger partial charge in [-0.05, 0) is 42.5 Å². The summed E-state index contributed by atoms with van der Waals surface area (Å²) in [5.41, 5.74) is -0.212. The minimum absolute atomic E-state index is 0.0874. The molecule has 0 spiro atoms. The number of anilines is 1. The molecule has 32 heavy (non-hydrogen) atoms. The third kappa shape index (κ3) is 4.71. The molecule has 0 aliphatic carbocycles. The Morgan fingerprint density at radius 2 is 1.81 bits per heavy atom. The predicted molar refractivity (Wildman–Crippen MR) is 119 cm³/mol. The fraction of sp³-hybridized carbons (Fsp3) is 0.0435. The number of nitrogens with zero attached hydrogens (tertiary/aromatic N) is 1. The van der Waals surface area contributed by atoms with Crippen LogP contribution < -0.4 is 5.32 Å². The Bertz CT molecular complexity index is 1300. The van der Waals surface area contributed by atoms with E-state index < -0.39 is 23.3 Å². The lowest BCUT2D eigenvalue weighted by atomic mass is 10.1. The highest BCUT2D eigenvalue weighted by Gasteiger charge is 2.34. The normalized spacial score (nSPS) is 11.4. The molecule has 1 amide bonds. The monoisotopic (exact) mass is 520 g/mol. The molecule has 0 saturated carbocycles. The Balaban J connectivity index is 1.68. The number of carbonyl (C=O) groups is 1. The second-order valence-electron chi connectivity index (χ2n) is 6.73. The third-order valence-electron chi connectivity index (χ3n) is 4.55. The highest BCUT2D eigenvalue weighted by atomic mass is 79.9. The van der Waals surface area contributed by atoms with Crippen molar-refractivity contribution in [1.29, 1.82) is 0 Å². The van der Waals surface area contributed by atoms with Crippen LogP contribution in [0.25, 0.3) is 22.8 Å². The van der Waals surface area contributed by atoms with Crippen molar-refractivity contribution in [3.8, 4) is 22.8 Å². The van der Waals surface area contributed by atoms with Gasteiger partial charge in [0.15, 0.2) is 5.76 Å². The first-order valence-corrected chi connectivity index (χ1v) is 10.4. The molecule has 0 aliphatic rings. The molecule has 0 atom stereocenters. The van der Waals surface area contributed by atoms with E-state index in [0.29, 0.717) is 11.3 Å². The molecule has 0 saturated heterocycles. The number of halogens is 5. The minimum atomic E-state index is -4.69. The van der Waals surface area contributed by atoms with Gasteiger partial charge in [-0.2, -0.15) is 13.2 Å². The molecule has 162 valence electrons. The van der Waals surface area contributed by atoms with E-state index in [2.05, 4.69) is 26.2 Å². The lowest BCUT2D eigenvalue weighted by Crippen LogP contribution is -2.17. The van der Waals surface area contributed by atoms with Gasteiger partial charge in [0.05, 0.1) is 23.0 Å². The highest BCUT2D eigenvalue weighted by molar-refractivity contribution is 9.10. The Hall–Kier alpha value is -3.10. The quantitative estimate of drug-likeness (QED) is 0.299. The summed E-state index contributed by atoms with van der Waals surface area (Å²) in [5.74, 6) is -0.0953. The van der Waals surface area contributed by atoms with Crippen molar-refractivity contribution in [3.05, 3.63) is 93.5 Å². The van der Waals surface area contributed by atoms with Crippen molar-refractivity contribution in [3.63, 3.8) is 0 Å². The maximum absolute atomic E-state index is 13.4. The van der Waals surface area contributed by atoms with Crippen LogP contribution in [0, 0.1) is 0 Å². The van der Waals surface area contributed by atoms with Crippen LogP contribution in [0.3, 0.4) is 0 Å². The van der Waals surface area contributed by atoms with Crippen LogP contribution in [0.15, 0.2) is 81.8 Å². The molecule has 4 rings (SSSR count). The number of alkyl halides is 3. The summed E-state index contributed by atoms with van der Waals surface area (Å²) in [5, 5.41) is 2.24. The average Bonchev–Trinajstić information content (AvgIpc) is 3.24. The minimum Gasteiger partial charge on any atom is -0.436 e. The summed E-state index contributed by atoms with van der Waals surface area (Å²) >= 11 is 9.10. The van der Waals surface area contributed by atoms with E-state index >= 15 is 0 Å². The van der Waals surface area contributed by atoms with Gasteiger partial charge < -0.3 is 9.73 Å². The number of aromatic nitrogens is 1. The number of hydrogen-bond donors (Lipinski definition) is 1. The SMILES string of the molecule is O=C(Nc1ccc(Cl)cc1C(F)(F)F)c1ccccc1-c1ncc(-c2cccc(Br)c2)o1. The van der Waals surface area contributed by atoms with Crippen LogP contribution in [-0.4, -0.2) is 10.9 Å². The van der Waals surface area contributed by atoms with E-state index in [9.17, 15) is 18.0 Å². The van der Waals surface area contributed by atoms with E-state index in [1.165, 1.54) is 18.3 Å². The van der Waals surface area contributed by atoms with Crippen molar-refractivity contribution in [2.45, 2.75) is 6.18 Å². The summed E-state index contributed by atoms with van der Waals surface area (Å²) in [6.45, 7) is 0. The second kappa shape index (κ2) is 8.80. The molecule has 0 aliphatic heterocycles. The van der Waals surface area contributed by atoms with Crippen molar-refractivity contribution in [2.75, 3.05) is 5.32 Å². The molecule has 4 aromatic rings.